The molecule has 0 aliphatic rings. The van der Waals surface area contributed by atoms with Crippen molar-refractivity contribution in [3.8, 4) is 5.75 Å². The fourth-order valence-electron chi connectivity index (χ4n) is 4.15. The van der Waals surface area contributed by atoms with Crippen LogP contribution in [0.1, 0.15) is 52.4 Å². The summed E-state index contributed by atoms with van der Waals surface area (Å²) in [5.74, 6) is -5.55. The normalized spacial score (nSPS) is 11.1. The van der Waals surface area contributed by atoms with Crippen molar-refractivity contribution in [2.24, 2.45) is 11.1 Å². The van der Waals surface area contributed by atoms with Crippen LogP contribution in [0.5, 0.6) is 5.75 Å². The number of rotatable bonds is 12. The second-order valence-electron chi connectivity index (χ2n) is 9.99. The van der Waals surface area contributed by atoms with E-state index < -0.39 is 35.3 Å². The molecule has 0 bridgehead atoms. The van der Waals surface area contributed by atoms with Crippen LogP contribution in [0.4, 0.5) is 17.6 Å². The molecule has 0 fully saturated rings. The second-order valence-corrected chi connectivity index (χ2v) is 11.2. The monoisotopic (exact) mass is 667 g/mol. The summed E-state index contributed by atoms with van der Waals surface area (Å²) in [6, 6.07) is 16.3. The number of nitrogens with two attached hydrogens (primary N) is 1. The summed E-state index contributed by atoms with van der Waals surface area (Å²) >= 11 is 1.17. The lowest BCUT2D eigenvalue weighted by Crippen LogP contribution is -2.45. The zero-order chi connectivity index (χ0) is 34.7. The number of amidine groups is 1. The molecule has 3 aromatic rings. The van der Waals surface area contributed by atoms with Gasteiger partial charge in [-0.3, -0.25) is 15.0 Å². The zero-order valence-corrected chi connectivity index (χ0v) is 26.0. The average Bonchev–Trinajstić information content (AvgIpc) is 3.48. The molecule has 0 aliphatic carbocycles. The molecule has 2 aromatic carbocycles. The number of carboxylic acids is 1. The van der Waals surface area contributed by atoms with Crippen molar-refractivity contribution >= 4 is 41.0 Å². The van der Waals surface area contributed by atoms with Gasteiger partial charge in [-0.1, -0.05) is 44.2 Å². The van der Waals surface area contributed by atoms with Gasteiger partial charge in [0.2, 0.25) is 5.91 Å². The maximum Gasteiger partial charge on any atom is 0.490 e. The van der Waals surface area contributed by atoms with Crippen LogP contribution in [0.3, 0.4) is 0 Å². The summed E-state index contributed by atoms with van der Waals surface area (Å²) in [6.45, 7) is 3.79. The number of hydrogen-bond donors (Lipinski definition) is 3. The Morgan fingerprint density at radius 1 is 1.00 bits per heavy atom. The molecule has 0 aliphatic heterocycles. The number of nitrogens with zero attached hydrogens (tertiary/aromatic N) is 1. The number of benzene rings is 2. The standard InChI is InChI=1S/C29H32FN3O5S.C2HF3O2/c1-4-29(5-2,28(36)33(3)17-25(34)37-18-19-9-7-6-8-10-19)16-21-12-14-24(39-21)27(35)38-23-13-11-20(26(31)32)15-22(23)30;3-2(4,5)1(6)7/h6-15H,4-5,16-18H2,1-3H3,(H3,31,32);(H,6,7). The molecule has 0 saturated heterocycles. The smallest absolute Gasteiger partial charge is 0.475 e. The predicted molar refractivity (Wildman–Crippen MR) is 161 cm³/mol. The summed E-state index contributed by atoms with van der Waals surface area (Å²) in [6.07, 6.45) is -3.67. The molecule has 0 radical (unpaired) electrons. The molecule has 1 heterocycles. The van der Waals surface area contributed by atoms with Crippen molar-refractivity contribution in [2.75, 3.05) is 13.6 Å². The van der Waals surface area contributed by atoms with Gasteiger partial charge in [0.1, 0.15) is 23.9 Å². The number of carboxylic acid groups (broad SMARTS) is 1. The number of halogens is 4. The Hall–Kier alpha value is -4.79. The van der Waals surface area contributed by atoms with Crippen LogP contribution in [-0.4, -0.2) is 59.4 Å². The van der Waals surface area contributed by atoms with E-state index in [4.69, 9.17) is 30.5 Å². The van der Waals surface area contributed by atoms with Gasteiger partial charge in [-0.2, -0.15) is 13.2 Å². The van der Waals surface area contributed by atoms with Crippen molar-refractivity contribution in [1.29, 1.82) is 5.41 Å². The molecule has 0 spiro atoms. The van der Waals surface area contributed by atoms with E-state index in [2.05, 4.69) is 0 Å². The fraction of sp³-hybridized carbons (Fsp3) is 0.323. The maximum absolute atomic E-state index is 14.3. The molecule has 1 amide bonds. The van der Waals surface area contributed by atoms with Crippen LogP contribution in [-0.2, 0) is 32.1 Å². The van der Waals surface area contributed by atoms with E-state index in [1.54, 1.807) is 19.2 Å². The van der Waals surface area contributed by atoms with Gasteiger partial charge >= 0.3 is 24.1 Å². The Balaban J connectivity index is 0.000000942. The van der Waals surface area contributed by atoms with E-state index >= 15 is 0 Å². The molecule has 3 rings (SSSR count). The van der Waals surface area contributed by atoms with E-state index in [1.807, 2.05) is 44.2 Å². The summed E-state index contributed by atoms with van der Waals surface area (Å²) < 4.78 is 56.6. The summed E-state index contributed by atoms with van der Waals surface area (Å²) in [4.78, 5) is 49.9. The molecule has 248 valence electrons. The van der Waals surface area contributed by atoms with E-state index in [1.165, 1.54) is 28.4 Å². The third-order valence-corrected chi connectivity index (χ3v) is 7.89. The topological polar surface area (TPSA) is 160 Å². The third-order valence-electron chi connectivity index (χ3n) is 6.83. The minimum absolute atomic E-state index is 0.132. The lowest BCUT2D eigenvalue weighted by atomic mass is 9.77. The first-order valence-corrected chi connectivity index (χ1v) is 14.5. The minimum Gasteiger partial charge on any atom is -0.475 e. The first-order chi connectivity index (χ1) is 21.5. The number of esters is 2. The fourth-order valence-corrected chi connectivity index (χ4v) is 5.18. The van der Waals surface area contributed by atoms with Crippen LogP contribution >= 0.6 is 11.3 Å². The van der Waals surface area contributed by atoms with Crippen LogP contribution in [0, 0.1) is 16.6 Å². The molecule has 0 atom stereocenters. The number of hydrogen-bond acceptors (Lipinski definition) is 8. The SMILES string of the molecule is CCC(CC)(Cc1ccc(C(=O)Oc2ccc(C(=N)N)cc2F)s1)C(=O)N(C)CC(=O)OCc1ccccc1.O=C(O)C(F)(F)F. The first-order valence-electron chi connectivity index (χ1n) is 13.7. The minimum atomic E-state index is -5.08. The molecule has 1 aromatic heterocycles. The van der Waals surface area contributed by atoms with Crippen molar-refractivity contribution in [2.45, 2.75) is 45.9 Å². The van der Waals surface area contributed by atoms with Crippen molar-refractivity contribution < 1.29 is 51.3 Å². The summed E-state index contributed by atoms with van der Waals surface area (Å²) in [5.41, 5.74) is 5.62. The van der Waals surface area contributed by atoms with Crippen molar-refractivity contribution in [3.63, 3.8) is 0 Å². The van der Waals surface area contributed by atoms with Crippen LogP contribution in [0.15, 0.2) is 60.7 Å². The van der Waals surface area contributed by atoms with Gasteiger partial charge < -0.3 is 25.2 Å². The van der Waals surface area contributed by atoms with Crippen LogP contribution in [0.2, 0.25) is 0 Å². The van der Waals surface area contributed by atoms with Gasteiger partial charge in [-0.25, -0.2) is 14.0 Å². The van der Waals surface area contributed by atoms with Gasteiger partial charge in [0.25, 0.3) is 0 Å². The van der Waals surface area contributed by atoms with Gasteiger partial charge in [-0.15, -0.1) is 11.3 Å². The van der Waals surface area contributed by atoms with Crippen LogP contribution < -0.4 is 10.5 Å². The average molecular weight is 668 g/mol. The summed E-state index contributed by atoms with van der Waals surface area (Å²) in [5, 5.41) is 14.5. The number of aliphatic carboxylic acids is 1. The number of carbonyl (C=O) groups excluding carboxylic acids is 3. The number of ether oxygens (including phenoxy) is 2. The van der Waals surface area contributed by atoms with E-state index in [0.717, 1.165) is 16.5 Å². The zero-order valence-electron chi connectivity index (χ0n) is 25.2. The number of carbonyl (C=O) groups is 4. The Bertz CT molecular complexity index is 1540. The van der Waals surface area contributed by atoms with Crippen molar-refractivity contribution in [3.05, 3.63) is 87.4 Å². The number of nitrogens with one attached hydrogen (secondary N) is 1. The van der Waals surface area contributed by atoms with E-state index in [9.17, 15) is 31.9 Å². The lowest BCUT2D eigenvalue weighted by Gasteiger charge is -2.33. The highest BCUT2D eigenvalue weighted by atomic mass is 32.1. The molecule has 0 unspecified atom stereocenters. The van der Waals surface area contributed by atoms with Gasteiger partial charge in [0, 0.05) is 17.5 Å². The highest BCUT2D eigenvalue weighted by Gasteiger charge is 2.39. The van der Waals surface area contributed by atoms with Crippen LogP contribution in [0.25, 0.3) is 0 Å². The van der Waals surface area contributed by atoms with Gasteiger partial charge in [0.15, 0.2) is 11.6 Å². The number of amides is 1. The highest BCUT2D eigenvalue weighted by molar-refractivity contribution is 7.14. The molecule has 15 heteroatoms. The van der Waals surface area contributed by atoms with Gasteiger partial charge in [0.05, 0.1) is 5.41 Å². The number of nitrogen functional groups attached to an aromatic ring is 1. The second kappa shape index (κ2) is 16.5. The Morgan fingerprint density at radius 3 is 2.13 bits per heavy atom. The predicted octanol–water partition coefficient (Wildman–Crippen LogP) is 5.57. The lowest BCUT2D eigenvalue weighted by molar-refractivity contribution is -0.192. The van der Waals surface area contributed by atoms with E-state index in [0.29, 0.717) is 19.3 Å². The number of thiophene rings is 1. The summed E-state index contributed by atoms with van der Waals surface area (Å²) in [7, 11) is 1.58. The third kappa shape index (κ3) is 10.7. The quantitative estimate of drug-likeness (QED) is 0.0743. The molecule has 0 saturated carbocycles. The Morgan fingerprint density at radius 2 is 1.61 bits per heavy atom. The molecule has 10 nitrogen and oxygen atoms in total. The highest BCUT2D eigenvalue weighted by Crippen LogP contribution is 2.35. The molecule has 4 N–H and O–H groups in total. The number of likely N-dealkylation sites (N-methyl/N-ethyl adjacent to an activating group) is 1. The first kappa shape index (κ1) is 37.4. The van der Waals surface area contributed by atoms with Crippen molar-refractivity contribution in [1.82, 2.24) is 4.90 Å². The molecular formula is C31H33F4N3O7S. The van der Waals surface area contributed by atoms with E-state index in [-0.39, 0.29) is 41.1 Å². The largest absolute Gasteiger partial charge is 0.490 e. The molecular weight excluding hydrogens is 634 g/mol. The Kier molecular flexibility index (Phi) is 13.4. The maximum atomic E-state index is 14.3. The van der Waals surface area contributed by atoms with Gasteiger partial charge in [-0.05, 0) is 55.2 Å². The number of alkyl halides is 3. The molecule has 46 heavy (non-hydrogen) atoms. The Labute approximate surface area is 266 Å².